The monoisotopic (exact) mass is 206 g/mol. The van der Waals surface area contributed by atoms with Crippen molar-refractivity contribution in [1.82, 2.24) is 9.97 Å². The van der Waals surface area contributed by atoms with E-state index in [2.05, 4.69) is 9.97 Å². The van der Waals surface area contributed by atoms with Crippen LogP contribution in [0.2, 0.25) is 0 Å². The number of anilines is 1. The van der Waals surface area contributed by atoms with E-state index in [1.54, 1.807) is 0 Å². The van der Waals surface area contributed by atoms with Crippen molar-refractivity contribution in [2.75, 3.05) is 5.73 Å². The van der Waals surface area contributed by atoms with Crippen LogP contribution in [0.15, 0.2) is 23.3 Å². The number of nitrogens with two attached hydrogens (primary N) is 1. The minimum Gasteiger partial charge on any atom is -0.393 e. The van der Waals surface area contributed by atoms with Gasteiger partial charge in [-0.15, -0.1) is 0 Å². The van der Waals surface area contributed by atoms with Crippen molar-refractivity contribution < 1.29 is 4.92 Å². The topological polar surface area (TPSA) is 115 Å². The largest absolute Gasteiger partial charge is 0.393 e. The van der Waals surface area contributed by atoms with Crippen LogP contribution in [0.5, 0.6) is 0 Å². The Bertz CT molecular complexity index is 604. The van der Waals surface area contributed by atoms with Crippen LogP contribution in [0.3, 0.4) is 0 Å². The second kappa shape index (κ2) is 3.05. The van der Waals surface area contributed by atoms with E-state index in [1.165, 1.54) is 18.5 Å². The van der Waals surface area contributed by atoms with Crippen LogP contribution in [-0.2, 0) is 0 Å². The van der Waals surface area contributed by atoms with Crippen molar-refractivity contribution in [3.8, 4) is 0 Å². The van der Waals surface area contributed by atoms with Crippen molar-refractivity contribution in [2.45, 2.75) is 0 Å². The summed E-state index contributed by atoms with van der Waals surface area (Å²) in [6.07, 6.45) is 1.19. The zero-order valence-electron chi connectivity index (χ0n) is 7.43. The van der Waals surface area contributed by atoms with Crippen molar-refractivity contribution >= 4 is 22.3 Å². The molecule has 0 aliphatic heterocycles. The Morgan fingerprint density at radius 2 is 2.20 bits per heavy atom. The Balaban J connectivity index is 3.04. The zero-order chi connectivity index (χ0) is 11.0. The molecule has 0 spiro atoms. The Morgan fingerprint density at radius 1 is 1.47 bits per heavy atom. The van der Waals surface area contributed by atoms with Gasteiger partial charge in [0.15, 0.2) is 0 Å². The molecule has 0 aliphatic rings. The Morgan fingerprint density at radius 3 is 2.87 bits per heavy atom. The van der Waals surface area contributed by atoms with Gasteiger partial charge in [0, 0.05) is 0 Å². The highest BCUT2D eigenvalue weighted by Gasteiger charge is 2.19. The summed E-state index contributed by atoms with van der Waals surface area (Å²) in [5.41, 5.74) is 4.66. The standard InChI is InChI=1S/C8H6N4O3/c9-4-1-2-5-6(7(4)12(14)15)8(13)11-3-10-5/h1-3H,9H2,(H,10,11,13). The number of nitrogens with zero attached hydrogens (tertiary/aromatic N) is 2. The number of H-pyrrole nitrogens is 1. The van der Waals surface area contributed by atoms with E-state index in [-0.39, 0.29) is 16.6 Å². The van der Waals surface area contributed by atoms with Gasteiger partial charge in [-0.3, -0.25) is 14.9 Å². The van der Waals surface area contributed by atoms with E-state index in [4.69, 9.17) is 5.73 Å². The number of nitrogens with one attached hydrogen (secondary N) is 1. The van der Waals surface area contributed by atoms with Crippen LogP contribution in [0.25, 0.3) is 10.9 Å². The number of aromatic nitrogens is 2. The van der Waals surface area contributed by atoms with E-state index in [9.17, 15) is 14.9 Å². The van der Waals surface area contributed by atoms with E-state index in [0.717, 1.165) is 0 Å². The number of hydrogen-bond acceptors (Lipinski definition) is 5. The number of hydrogen-bond donors (Lipinski definition) is 2. The molecule has 2 rings (SSSR count). The fraction of sp³-hybridized carbons (Fsp3) is 0. The lowest BCUT2D eigenvalue weighted by atomic mass is 10.2. The molecule has 0 bridgehead atoms. The molecular formula is C8H6N4O3. The third-order valence-corrected chi connectivity index (χ3v) is 2.00. The van der Waals surface area contributed by atoms with Gasteiger partial charge in [-0.2, -0.15) is 0 Å². The normalized spacial score (nSPS) is 10.4. The predicted octanol–water partition coefficient (Wildman–Crippen LogP) is 0.413. The lowest BCUT2D eigenvalue weighted by molar-refractivity contribution is -0.382. The maximum Gasteiger partial charge on any atom is 0.307 e. The second-order valence-electron chi connectivity index (χ2n) is 2.89. The summed E-state index contributed by atoms with van der Waals surface area (Å²) in [7, 11) is 0. The van der Waals surface area contributed by atoms with Gasteiger partial charge in [-0.25, -0.2) is 4.98 Å². The number of nitro benzene ring substituents is 1. The van der Waals surface area contributed by atoms with E-state index in [0.29, 0.717) is 0 Å². The smallest absolute Gasteiger partial charge is 0.307 e. The molecule has 0 amide bonds. The average Bonchev–Trinajstić information content (AvgIpc) is 2.18. The second-order valence-corrected chi connectivity index (χ2v) is 2.89. The number of fused-ring (bicyclic) bond motifs is 1. The Labute approximate surface area is 82.7 Å². The quantitative estimate of drug-likeness (QED) is 0.398. The summed E-state index contributed by atoms with van der Waals surface area (Å²) < 4.78 is 0. The van der Waals surface area contributed by atoms with Gasteiger partial charge in [-0.05, 0) is 12.1 Å². The van der Waals surface area contributed by atoms with Gasteiger partial charge < -0.3 is 10.7 Å². The molecule has 76 valence electrons. The number of aromatic amines is 1. The molecule has 0 fully saturated rings. The van der Waals surface area contributed by atoms with E-state index < -0.39 is 16.2 Å². The first-order chi connectivity index (χ1) is 7.11. The lowest BCUT2D eigenvalue weighted by Gasteiger charge is -1.99. The lowest BCUT2D eigenvalue weighted by Crippen LogP contribution is -2.10. The van der Waals surface area contributed by atoms with Crippen LogP contribution in [0.1, 0.15) is 0 Å². The van der Waals surface area contributed by atoms with Crippen molar-refractivity contribution in [1.29, 1.82) is 0 Å². The highest BCUT2D eigenvalue weighted by atomic mass is 16.6. The summed E-state index contributed by atoms with van der Waals surface area (Å²) in [5.74, 6) is 0. The number of rotatable bonds is 1. The van der Waals surface area contributed by atoms with E-state index >= 15 is 0 Å². The first-order valence-corrected chi connectivity index (χ1v) is 4.01. The molecule has 0 aliphatic carbocycles. The number of nitro groups is 1. The van der Waals surface area contributed by atoms with Crippen LogP contribution < -0.4 is 11.3 Å². The van der Waals surface area contributed by atoms with Gasteiger partial charge in [0.1, 0.15) is 11.1 Å². The van der Waals surface area contributed by atoms with Crippen LogP contribution in [0.4, 0.5) is 11.4 Å². The molecular weight excluding hydrogens is 200 g/mol. The minimum atomic E-state index is -0.686. The molecule has 2 aromatic rings. The summed E-state index contributed by atoms with van der Waals surface area (Å²) >= 11 is 0. The van der Waals surface area contributed by atoms with Gasteiger partial charge >= 0.3 is 5.69 Å². The van der Waals surface area contributed by atoms with Crippen LogP contribution in [0, 0.1) is 10.1 Å². The number of benzene rings is 1. The molecule has 1 heterocycles. The zero-order valence-corrected chi connectivity index (χ0v) is 7.43. The molecule has 0 unspecified atom stereocenters. The Hall–Kier alpha value is -2.44. The molecule has 1 aromatic heterocycles. The van der Waals surface area contributed by atoms with Crippen molar-refractivity contribution in [3.63, 3.8) is 0 Å². The van der Waals surface area contributed by atoms with Gasteiger partial charge in [0.05, 0.1) is 16.8 Å². The maximum atomic E-state index is 11.4. The molecule has 0 saturated heterocycles. The maximum absolute atomic E-state index is 11.4. The Kier molecular flexibility index (Phi) is 1.86. The molecule has 0 atom stereocenters. The molecule has 0 radical (unpaired) electrons. The summed E-state index contributed by atoms with van der Waals surface area (Å²) in [6.45, 7) is 0. The summed E-state index contributed by atoms with van der Waals surface area (Å²) in [5, 5.41) is 10.6. The summed E-state index contributed by atoms with van der Waals surface area (Å²) in [6, 6.07) is 2.82. The third kappa shape index (κ3) is 1.30. The van der Waals surface area contributed by atoms with Gasteiger partial charge in [0.2, 0.25) is 0 Å². The number of nitrogen functional groups attached to an aromatic ring is 1. The third-order valence-electron chi connectivity index (χ3n) is 2.00. The van der Waals surface area contributed by atoms with Crippen LogP contribution >= 0.6 is 0 Å². The highest BCUT2D eigenvalue weighted by molar-refractivity contribution is 5.92. The van der Waals surface area contributed by atoms with Gasteiger partial charge in [-0.1, -0.05) is 0 Å². The van der Waals surface area contributed by atoms with Crippen molar-refractivity contribution in [3.05, 3.63) is 38.9 Å². The predicted molar refractivity (Wildman–Crippen MR) is 53.4 cm³/mol. The SMILES string of the molecule is Nc1ccc2nc[nH]c(=O)c2c1[N+](=O)[O-]. The van der Waals surface area contributed by atoms with E-state index in [1.807, 2.05) is 0 Å². The minimum absolute atomic E-state index is 0.0500. The molecule has 7 nitrogen and oxygen atoms in total. The molecule has 7 heteroatoms. The molecule has 0 saturated carbocycles. The average molecular weight is 206 g/mol. The first kappa shape index (κ1) is 9.13. The van der Waals surface area contributed by atoms with Gasteiger partial charge in [0.25, 0.3) is 5.56 Å². The fourth-order valence-corrected chi connectivity index (χ4v) is 1.36. The molecule has 1 aromatic carbocycles. The van der Waals surface area contributed by atoms with Crippen LogP contribution in [-0.4, -0.2) is 14.9 Å². The molecule has 15 heavy (non-hydrogen) atoms. The fourth-order valence-electron chi connectivity index (χ4n) is 1.36. The molecule has 3 N–H and O–H groups in total. The summed E-state index contributed by atoms with van der Waals surface area (Å²) in [4.78, 5) is 27.5. The first-order valence-electron chi connectivity index (χ1n) is 4.01. The van der Waals surface area contributed by atoms with Crippen molar-refractivity contribution in [2.24, 2.45) is 0 Å². The highest BCUT2D eigenvalue weighted by Crippen LogP contribution is 2.27.